The van der Waals surface area contributed by atoms with Gasteiger partial charge in [0.15, 0.2) is 0 Å². The zero-order valence-electron chi connectivity index (χ0n) is 9.57. The highest BCUT2D eigenvalue weighted by molar-refractivity contribution is 5.91. The monoisotopic (exact) mass is 212 g/mol. The van der Waals surface area contributed by atoms with Gasteiger partial charge in [0.2, 0.25) is 0 Å². The second-order valence-electron chi connectivity index (χ2n) is 5.32. The van der Waals surface area contributed by atoms with Crippen molar-refractivity contribution in [3.05, 3.63) is 42.0 Å². The zero-order chi connectivity index (χ0) is 11.2. The molecule has 0 saturated heterocycles. The van der Waals surface area contributed by atoms with E-state index >= 15 is 0 Å². The molecule has 82 valence electrons. The van der Waals surface area contributed by atoms with Gasteiger partial charge in [-0.1, -0.05) is 43.3 Å². The number of ketones is 1. The Bertz CT molecular complexity index is 458. The summed E-state index contributed by atoms with van der Waals surface area (Å²) >= 11 is 0. The molecule has 0 amide bonds. The fourth-order valence-corrected chi connectivity index (χ4v) is 3.10. The van der Waals surface area contributed by atoms with Crippen molar-refractivity contribution in [2.24, 2.45) is 11.3 Å². The molecule has 0 radical (unpaired) electrons. The number of carbonyl (C=O) groups excluding carboxylic acids is 1. The van der Waals surface area contributed by atoms with Crippen LogP contribution in [0, 0.1) is 11.3 Å². The highest BCUT2D eigenvalue weighted by Gasteiger charge is 2.46. The van der Waals surface area contributed by atoms with Crippen molar-refractivity contribution >= 4 is 11.4 Å². The quantitative estimate of drug-likeness (QED) is 0.696. The Labute approximate surface area is 96.2 Å². The van der Waals surface area contributed by atoms with Crippen molar-refractivity contribution < 1.29 is 4.79 Å². The van der Waals surface area contributed by atoms with Crippen LogP contribution >= 0.6 is 0 Å². The lowest BCUT2D eigenvalue weighted by atomic mass is 9.76. The first-order valence-corrected chi connectivity index (χ1v) is 5.98. The van der Waals surface area contributed by atoms with E-state index in [1.165, 1.54) is 11.1 Å². The van der Waals surface area contributed by atoms with E-state index in [1.54, 1.807) is 0 Å². The first-order valence-electron chi connectivity index (χ1n) is 5.98. The Hall–Kier alpha value is -1.37. The van der Waals surface area contributed by atoms with E-state index in [1.807, 2.05) is 6.07 Å². The predicted octanol–water partition coefficient (Wildman–Crippen LogP) is 3.46. The van der Waals surface area contributed by atoms with Crippen molar-refractivity contribution in [3.8, 4) is 0 Å². The molecule has 16 heavy (non-hydrogen) atoms. The maximum Gasteiger partial charge on any atom is 0.139 e. The summed E-state index contributed by atoms with van der Waals surface area (Å²) < 4.78 is 0. The molecule has 1 saturated carbocycles. The van der Waals surface area contributed by atoms with Gasteiger partial charge in [-0.05, 0) is 29.9 Å². The van der Waals surface area contributed by atoms with Gasteiger partial charge in [-0.2, -0.15) is 0 Å². The van der Waals surface area contributed by atoms with Crippen molar-refractivity contribution in [3.63, 3.8) is 0 Å². The number of hydrogen-bond donors (Lipinski definition) is 0. The highest BCUT2D eigenvalue weighted by Crippen LogP contribution is 2.50. The molecule has 0 aliphatic heterocycles. The number of benzene rings is 1. The van der Waals surface area contributed by atoms with Crippen molar-refractivity contribution in [2.45, 2.75) is 26.2 Å². The van der Waals surface area contributed by atoms with Crippen LogP contribution in [-0.4, -0.2) is 5.78 Å². The van der Waals surface area contributed by atoms with Crippen LogP contribution in [0.15, 0.2) is 36.4 Å². The third-order valence-electron chi connectivity index (χ3n) is 4.12. The first-order chi connectivity index (χ1) is 7.69. The fraction of sp³-hybridized carbons (Fsp3) is 0.400. The average Bonchev–Trinajstić information content (AvgIpc) is 2.51. The van der Waals surface area contributed by atoms with Gasteiger partial charge in [-0.25, -0.2) is 0 Å². The molecule has 0 N–H and O–H groups in total. The Balaban J connectivity index is 1.99. The lowest BCUT2D eigenvalue weighted by molar-refractivity contribution is -0.124. The van der Waals surface area contributed by atoms with Crippen molar-refractivity contribution in [1.82, 2.24) is 0 Å². The van der Waals surface area contributed by atoms with Gasteiger partial charge in [0.05, 0.1) is 0 Å². The summed E-state index contributed by atoms with van der Waals surface area (Å²) in [5, 5.41) is 0. The van der Waals surface area contributed by atoms with Crippen LogP contribution in [0.3, 0.4) is 0 Å². The third kappa shape index (κ3) is 1.35. The predicted molar refractivity (Wildman–Crippen MR) is 64.9 cm³/mol. The molecule has 2 aliphatic rings. The van der Waals surface area contributed by atoms with E-state index in [0.29, 0.717) is 11.7 Å². The number of hydrogen-bond acceptors (Lipinski definition) is 1. The number of fused-ring (bicyclic) bond motifs is 2. The van der Waals surface area contributed by atoms with Gasteiger partial charge >= 0.3 is 0 Å². The van der Waals surface area contributed by atoms with E-state index < -0.39 is 0 Å². The van der Waals surface area contributed by atoms with Gasteiger partial charge in [0, 0.05) is 11.8 Å². The van der Waals surface area contributed by atoms with Gasteiger partial charge in [-0.3, -0.25) is 4.79 Å². The Morgan fingerprint density at radius 1 is 1.25 bits per heavy atom. The minimum Gasteiger partial charge on any atom is -0.299 e. The summed E-state index contributed by atoms with van der Waals surface area (Å²) in [7, 11) is 0. The van der Waals surface area contributed by atoms with Gasteiger partial charge < -0.3 is 0 Å². The number of allylic oxidation sites excluding steroid dienone is 2. The van der Waals surface area contributed by atoms with Crippen LogP contribution in [0.25, 0.3) is 5.57 Å². The molecule has 1 aromatic rings. The lowest BCUT2D eigenvalue weighted by Crippen LogP contribution is -2.22. The minimum absolute atomic E-state index is 0.0526. The Morgan fingerprint density at radius 3 is 2.75 bits per heavy atom. The van der Waals surface area contributed by atoms with Gasteiger partial charge in [0.25, 0.3) is 0 Å². The topological polar surface area (TPSA) is 17.1 Å². The number of Topliss-reactive ketones (excluding diaryl/α,β-unsaturated/α-hetero) is 1. The summed E-state index contributed by atoms with van der Waals surface area (Å²) in [4.78, 5) is 11.9. The van der Waals surface area contributed by atoms with Crippen molar-refractivity contribution in [2.75, 3.05) is 0 Å². The van der Waals surface area contributed by atoms with E-state index in [2.05, 4.69) is 37.3 Å². The molecular formula is C15H16O. The largest absolute Gasteiger partial charge is 0.299 e. The summed E-state index contributed by atoms with van der Waals surface area (Å²) in [5.41, 5.74) is 2.64. The minimum atomic E-state index is -0.0526. The normalized spacial score (nSPS) is 32.7. The Kier molecular flexibility index (Phi) is 2.03. The second kappa shape index (κ2) is 3.31. The van der Waals surface area contributed by atoms with Crippen LogP contribution in [0.1, 0.15) is 31.7 Å². The van der Waals surface area contributed by atoms with Gasteiger partial charge in [-0.15, -0.1) is 0 Å². The Morgan fingerprint density at radius 2 is 2.00 bits per heavy atom. The summed E-state index contributed by atoms with van der Waals surface area (Å²) in [5.74, 6) is 0.924. The average molecular weight is 212 g/mol. The number of rotatable bonds is 1. The molecule has 2 atom stereocenters. The van der Waals surface area contributed by atoms with Crippen LogP contribution in [0.2, 0.25) is 0 Å². The van der Waals surface area contributed by atoms with Crippen LogP contribution in [0.5, 0.6) is 0 Å². The first kappa shape index (κ1) is 9.83. The van der Waals surface area contributed by atoms with E-state index in [0.717, 1.165) is 19.3 Å². The number of carbonyl (C=O) groups is 1. The van der Waals surface area contributed by atoms with Gasteiger partial charge in [0.1, 0.15) is 5.78 Å². The standard InChI is InChI=1S/C15H16O/c1-15-8-7-13(11-5-3-2-4-6-11)12(10-15)9-14(15)16/h2-7,12H,8-10H2,1H3. The maximum atomic E-state index is 11.9. The summed E-state index contributed by atoms with van der Waals surface area (Å²) in [6.07, 6.45) is 5.00. The molecule has 3 rings (SSSR count). The smallest absolute Gasteiger partial charge is 0.139 e. The van der Waals surface area contributed by atoms with E-state index in [-0.39, 0.29) is 5.41 Å². The maximum absolute atomic E-state index is 11.9. The lowest BCUT2D eigenvalue weighted by Gasteiger charge is -2.27. The highest BCUT2D eigenvalue weighted by atomic mass is 16.1. The molecule has 1 nitrogen and oxygen atoms in total. The van der Waals surface area contributed by atoms with Crippen LogP contribution in [-0.2, 0) is 4.79 Å². The molecule has 0 aromatic heterocycles. The molecule has 0 spiro atoms. The molecule has 2 aliphatic carbocycles. The van der Waals surface area contributed by atoms with E-state index in [9.17, 15) is 4.79 Å². The summed E-state index contributed by atoms with van der Waals surface area (Å²) in [6, 6.07) is 10.5. The summed E-state index contributed by atoms with van der Waals surface area (Å²) in [6.45, 7) is 2.12. The molecular weight excluding hydrogens is 196 g/mol. The van der Waals surface area contributed by atoms with Crippen molar-refractivity contribution in [1.29, 1.82) is 0 Å². The molecule has 2 unspecified atom stereocenters. The van der Waals surface area contributed by atoms with Crippen LogP contribution < -0.4 is 0 Å². The van der Waals surface area contributed by atoms with Crippen LogP contribution in [0.4, 0.5) is 0 Å². The third-order valence-corrected chi connectivity index (χ3v) is 4.12. The second-order valence-corrected chi connectivity index (χ2v) is 5.32. The molecule has 0 heterocycles. The molecule has 2 bridgehead atoms. The fourth-order valence-electron chi connectivity index (χ4n) is 3.10. The molecule has 1 aromatic carbocycles. The molecule has 1 fully saturated rings. The zero-order valence-corrected chi connectivity index (χ0v) is 9.57. The van der Waals surface area contributed by atoms with E-state index in [4.69, 9.17) is 0 Å². The molecule has 1 heteroatoms. The SMILES string of the molecule is CC12CC=C(c3ccccc3)C(CC1=O)C2.